The molecule has 3 aromatic carbocycles. The van der Waals surface area contributed by atoms with Crippen LogP contribution in [0, 0.1) is 5.41 Å². The summed E-state index contributed by atoms with van der Waals surface area (Å²) in [5, 5.41) is 22.6. The molecule has 0 fully saturated rings. The Bertz CT molecular complexity index is 1810. The Kier molecular flexibility index (Phi) is 12.4. The van der Waals surface area contributed by atoms with Gasteiger partial charge in [0.1, 0.15) is 23.0 Å². The second-order valence-electron chi connectivity index (χ2n) is 10.3. The van der Waals surface area contributed by atoms with Gasteiger partial charge in [0.05, 0.1) is 32.3 Å². The van der Waals surface area contributed by atoms with Crippen LogP contribution in [0.5, 0.6) is 0 Å². The highest BCUT2D eigenvalue weighted by molar-refractivity contribution is 6.32. The number of anilines is 2. The maximum absolute atomic E-state index is 13.4. The molecule has 0 spiro atoms. The van der Waals surface area contributed by atoms with Gasteiger partial charge >= 0.3 is 6.09 Å². The van der Waals surface area contributed by atoms with Crippen molar-refractivity contribution in [3.8, 4) is 11.3 Å². The minimum atomic E-state index is -0.898. The first-order valence-electron chi connectivity index (χ1n) is 14.5. The molecule has 0 aliphatic heterocycles. The first-order valence-corrected chi connectivity index (χ1v) is 15.2. The molecule has 4 rings (SSSR count). The molecule has 1 aromatic heterocycles. The van der Waals surface area contributed by atoms with E-state index in [1.165, 1.54) is 31.3 Å². The monoisotopic (exact) mass is 689 g/mol. The van der Waals surface area contributed by atoms with Crippen molar-refractivity contribution in [3.05, 3.63) is 106 Å². The fourth-order valence-corrected chi connectivity index (χ4v) is 5.02. The number of aromatic nitrogens is 2. The van der Waals surface area contributed by atoms with Gasteiger partial charge in [0.15, 0.2) is 0 Å². The molecule has 1 heterocycles. The highest BCUT2D eigenvalue weighted by atomic mass is 35.5. The number of hydrogen-bond acceptors (Lipinski definition) is 8. The molecule has 4 N–H and O–H groups in total. The lowest BCUT2D eigenvalue weighted by Crippen LogP contribution is -2.34. The molecule has 248 valence electrons. The van der Waals surface area contributed by atoms with E-state index in [0.29, 0.717) is 39.8 Å². The number of benzene rings is 3. The van der Waals surface area contributed by atoms with Crippen LogP contribution in [-0.2, 0) is 20.9 Å². The van der Waals surface area contributed by atoms with Gasteiger partial charge < -0.3 is 19.9 Å². The van der Waals surface area contributed by atoms with Gasteiger partial charge in [-0.3, -0.25) is 20.3 Å². The smallest absolute Gasteiger partial charge is 0.411 e. The summed E-state index contributed by atoms with van der Waals surface area (Å²) in [5.41, 5.74) is 3.43. The topological polar surface area (TPSA) is 168 Å². The molecule has 4 aromatic rings. The lowest BCUT2D eigenvalue weighted by molar-refractivity contribution is -0.131. The van der Waals surface area contributed by atoms with Crippen molar-refractivity contribution in [2.75, 3.05) is 31.5 Å². The summed E-state index contributed by atoms with van der Waals surface area (Å²) in [5.74, 6) is -0.517. The number of carbonyl (C=O) groups is 3. The zero-order valence-corrected chi connectivity index (χ0v) is 27.8. The van der Waals surface area contributed by atoms with Gasteiger partial charge in [0.25, 0.3) is 0 Å². The number of aromatic amines is 1. The molecule has 48 heavy (non-hydrogen) atoms. The predicted molar refractivity (Wildman–Crippen MR) is 186 cm³/mol. The molecule has 0 saturated heterocycles. The van der Waals surface area contributed by atoms with Gasteiger partial charge in [-0.25, -0.2) is 14.8 Å². The van der Waals surface area contributed by atoms with Gasteiger partial charge in [0, 0.05) is 41.5 Å². The van der Waals surface area contributed by atoms with E-state index in [2.05, 4.69) is 35.7 Å². The number of methoxy groups -OCH3 is 1. The molecule has 1 atom stereocenters. The lowest BCUT2D eigenvalue weighted by atomic mass is 10.1. The SMILES string of the molecule is C/N=N\N(C=N)c1ccc(Cl)cc1/C=C/C(=O)N[C@@H](CC(=O)N(C)Cc1ccccc1)c1nc(-c2ccc(NC(=O)OC)cc2)c(Cl)[nH]1. The Hall–Kier alpha value is -5.53. The van der Waals surface area contributed by atoms with Gasteiger partial charge in [-0.15, -0.1) is 0 Å². The van der Waals surface area contributed by atoms with E-state index in [4.69, 9.17) is 28.6 Å². The summed E-state index contributed by atoms with van der Waals surface area (Å²) < 4.78 is 4.63. The van der Waals surface area contributed by atoms with Crippen LogP contribution in [0.25, 0.3) is 17.3 Å². The van der Waals surface area contributed by atoms with Crippen LogP contribution in [0.3, 0.4) is 0 Å². The van der Waals surface area contributed by atoms with Crippen molar-refractivity contribution in [1.82, 2.24) is 20.2 Å². The normalized spacial score (nSPS) is 11.7. The minimum Gasteiger partial charge on any atom is -0.453 e. The van der Waals surface area contributed by atoms with E-state index in [0.717, 1.165) is 11.9 Å². The lowest BCUT2D eigenvalue weighted by Gasteiger charge is -2.21. The zero-order valence-electron chi connectivity index (χ0n) is 26.3. The summed E-state index contributed by atoms with van der Waals surface area (Å²) in [4.78, 5) is 47.6. The van der Waals surface area contributed by atoms with E-state index in [-0.39, 0.29) is 23.3 Å². The van der Waals surface area contributed by atoms with E-state index < -0.39 is 18.0 Å². The third-order valence-corrected chi connectivity index (χ3v) is 7.45. The zero-order chi connectivity index (χ0) is 34.6. The first-order chi connectivity index (χ1) is 23.1. The van der Waals surface area contributed by atoms with Gasteiger partial charge in [0.2, 0.25) is 11.8 Å². The molecular weight excluding hydrogens is 657 g/mol. The number of hydrogen-bond donors (Lipinski definition) is 4. The molecular formula is C33H33Cl2N9O4. The number of carbonyl (C=O) groups excluding carboxylic acids is 3. The molecule has 15 heteroatoms. The third-order valence-electron chi connectivity index (χ3n) is 6.94. The number of nitrogens with zero attached hydrogens (tertiary/aromatic N) is 5. The number of halogens is 2. The summed E-state index contributed by atoms with van der Waals surface area (Å²) in [6.07, 6.45) is 3.03. The maximum atomic E-state index is 13.4. The molecule has 0 saturated carbocycles. The largest absolute Gasteiger partial charge is 0.453 e. The fraction of sp³-hybridized carbons (Fsp3) is 0.182. The Labute approximate surface area is 287 Å². The Balaban J connectivity index is 1.61. The number of imidazole rings is 1. The van der Waals surface area contributed by atoms with Crippen LogP contribution in [-0.4, -0.2) is 60.3 Å². The molecule has 0 radical (unpaired) electrons. The maximum Gasteiger partial charge on any atom is 0.411 e. The summed E-state index contributed by atoms with van der Waals surface area (Å²) >= 11 is 12.8. The van der Waals surface area contributed by atoms with Gasteiger partial charge in [-0.05, 0) is 42.0 Å². The average molecular weight is 691 g/mol. The van der Waals surface area contributed by atoms with Crippen molar-refractivity contribution in [1.29, 1.82) is 5.41 Å². The van der Waals surface area contributed by atoms with E-state index in [9.17, 15) is 14.4 Å². The standard InChI is InChI=1S/C33H33Cl2N9O4/c1-37-42-44(20-36)27-15-12-24(34)17-23(27)11-16-28(45)39-26(18-29(46)43(2)19-21-7-5-4-6-8-21)32-40-30(31(35)41-32)22-9-13-25(14-10-22)38-33(47)48-3/h4-17,20,26,36H,18-19H2,1-3H3,(H,38,47)(H,39,45)(H,40,41)/b16-11+,36-20?,42-37-/t26-/m0/s1. The highest BCUT2D eigenvalue weighted by Crippen LogP contribution is 2.30. The Morgan fingerprint density at radius 3 is 2.48 bits per heavy atom. The van der Waals surface area contributed by atoms with Crippen LogP contribution in [0.2, 0.25) is 10.2 Å². The van der Waals surface area contributed by atoms with Crippen molar-refractivity contribution in [3.63, 3.8) is 0 Å². The summed E-state index contributed by atoms with van der Waals surface area (Å²) in [7, 11) is 4.42. The number of nitrogens with one attached hydrogen (secondary N) is 4. The Morgan fingerprint density at radius 2 is 1.81 bits per heavy atom. The van der Waals surface area contributed by atoms with Crippen LogP contribution < -0.4 is 15.6 Å². The van der Waals surface area contributed by atoms with Crippen LogP contribution in [0.4, 0.5) is 16.2 Å². The predicted octanol–water partition coefficient (Wildman–Crippen LogP) is 6.89. The second-order valence-corrected chi connectivity index (χ2v) is 11.1. The number of amides is 3. The molecule has 0 unspecified atom stereocenters. The molecule has 0 aliphatic carbocycles. The molecule has 3 amide bonds. The average Bonchev–Trinajstić information content (AvgIpc) is 3.48. The van der Waals surface area contributed by atoms with Crippen LogP contribution in [0.1, 0.15) is 29.4 Å². The van der Waals surface area contributed by atoms with Crippen molar-refractivity contribution in [2.45, 2.75) is 19.0 Å². The van der Waals surface area contributed by atoms with E-state index in [1.807, 2.05) is 30.3 Å². The van der Waals surface area contributed by atoms with Gasteiger partial charge in [-0.2, -0.15) is 5.11 Å². The first kappa shape index (κ1) is 35.3. The number of rotatable bonds is 13. The minimum absolute atomic E-state index is 0.130. The highest BCUT2D eigenvalue weighted by Gasteiger charge is 2.25. The molecule has 0 aliphatic rings. The fourth-order valence-electron chi connectivity index (χ4n) is 4.59. The number of ether oxygens (including phenoxy) is 1. The van der Waals surface area contributed by atoms with Crippen molar-refractivity contribution >= 4 is 64.9 Å². The van der Waals surface area contributed by atoms with E-state index >= 15 is 0 Å². The van der Waals surface area contributed by atoms with Crippen LogP contribution in [0.15, 0.2) is 89.2 Å². The molecule has 13 nitrogen and oxygen atoms in total. The van der Waals surface area contributed by atoms with Crippen molar-refractivity contribution < 1.29 is 19.1 Å². The number of H-pyrrole nitrogens is 1. The van der Waals surface area contributed by atoms with Crippen LogP contribution >= 0.6 is 23.2 Å². The third kappa shape index (κ3) is 9.50. The second kappa shape index (κ2) is 16.9. The Morgan fingerprint density at radius 1 is 1.08 bits per heavy atom. The van der Waals surface area contributed by atoms with Gasteiger partial charge in [-0.1, -0.05) is 70.9 Å². The summed E-state index contributed by atoms with van der Waals surface area (Å²) in [6.45, 7) is 0.368. The summed E-state index contributed by atoms with van der Waals surface area (Å²) in [6, 6.07) is 20.3. The molecule has 0 bridgehead atoms. The van der Waals surface area contributed by atoms with E-state index in [1.54, 1.807) is 54.4 Å². The van der Waals surface area contributed by atoms with Crippen molar-refractivity contribution in [2.24, 2.45) is 10.3 Å². The quantitative estimate of drug-likeness (QED) is 0.0392.